The number of aliphatic hydroxyl groups is 1. The van der Waals surface area contributed by atoms with Gasteiger partial charge in [-0.1, -0.05) is 39.0 Å². The highest BCUT2D eigenvalue weighted by molar-refractivity contribution is 6.07. The van der Waals surface area contributed by atoms with E-state index >= 15 is 0 Å². The van der Waals surface area contributed by atoms with Gasteiger partial charge in [0.05, 0.1) is 25.9 Å². The van der Waals surface area contributed by atoms with E-state index in [1.54, 1.807) is 18.2 Å². The van der Waals surface area contributed by atoms with Gasteiger partial charge in [-0.05, 0) is 36.7 Å². The average molecular weight is 392 g/mol. The molecule has 0 bridgehead atoms. The molecule has 1 saturated heterocycles. The molecule has 6 nitrogen and oxygen atoms in total. The van der Waals surface area contributed by atoms with E-state index in [0.29, 0.717) is 24.3 Å². The Morgan fingerprint density at radius 3 is 2.71 bits per heavy atom. The highest BCUT2D eigenvalue weighted by Gasteiger charge is 2.56. The van der Waals surface area contributed by atoms with Crippen LogP contribution >= 0.6 is 0 Å². The van der Waals surface area contributed by atoms with E-state index in [1.807, 2.05) is 0 Å². The van der Waals surface area contributed by atoms with Crippen molar-refractivity contribution >= 4 is 11.9 Å². The van der Waals surface area contributed by atoms with Crippen molar-refractivity contribution in [2.75, 3.05) is 13.2 Å². The van der Waals surface area contributed by atoms with Gasteiger partial charge >= 0.3 is 6.03 Å². The lowest BCUT2D eigenvalue weighted by atomic mass is 9.64. The second-order valence-electron chi connectivity index (χ2n) is 9.04. The molecule has 2 fully saturated rings. The minimum absolute atomic E-state index is 0.0134. The number of aliphatic hydroxyl groups excluding tert-OH is 1. The molecule has 3 rings (SSSR count). The topological polar surface area (TPSA) is 78.9 Å². The van der Waals surface area contributed by atoms with Gasteiger partial charge < -0.3 is 15.2 Å². The van der Waals surface area contributed by atoms with Crippen molar-refractivity contribution in [3.63, 3.8) is 0 Å². The van der Waals surface area contributed by atoms with E-state index in [2.05, 4.69) is 26.1 Å². The van der Waals surface area contributed by atoms with Crippen LogP contribution in [-0.4, -0.2) is 46.7 Å². The summed E-state index contributed by atoms with van der Waals surface area (Å²) < 4.78 is 19.0. The van der Waals surface area contributed by atoms with Gasteiger partial charge in [0.2, 0.25) is 0 Å². The summed E-state index contributed by atoms with van der Waals surface area (Å²) in [5.41, 5.74) is -0.536. The first-order valence-corrected chi connectivity index (χ1v) is 9.75. The fourth-order valence-electron chi connectivity index (χ4n) is 4.86. The lowest BCUT2D eigenvalue weighted by Gasteiger charge is -2.43. The van der Waals surface area contributed by atoms with Crippen molar-refractivity contribution in [1.82, 2.24) is 10.2 Å². The summed E-state index contributed by atoms with van der Waals surface area (Å²) in [6, 6.07) is 5.78. The van der Waals surface area contributed by atoms with Gasteiger partial charge in [0.15, 0.2) is 0 Å². The number of amides is 3. The summed E-state index contributed by atoms with van der Waals surface area (Å²) in [6.07, 6.45) is 1.17. The van der Waals surface area contributed by atoms with Crippen LogP contribution in [0, 0.1) is 17.2 Å². The minimum Gasteiger partial charge on any atom is -0.389 e. The quantitative estimate of drug-likeness (QED) is 0.730. The zero-order valence-electron chi connectivity index (χ0n) is 16.7. The number of halogens is 1. The zero-order valence-corrected chi connectivity index (χ0v) is 16.7. The Morgan fingerprint density at radius 1 is 1.32 bits per heavy atom. The maximum absolute atomic E-state index is 13.6. The third kappa shape index (κ3) is 4.36. The highest BCUT2D eigenvalue weighted by atomic mass is 19.1. The normalized spacial score (nSPS) is 27.9. The molecular formula is C21H29FN2O4. The van der Waals surface area contributed by atoms with Crippen LogP contribution in [-0.2, 0) is 16.1 Å². The van der Waals surface area contributed by atoms with Gasteiger partial charge in [-0.15, -0.1) is 0 Å². The highest BCUT2D eigenvalue weighted by Crippen LogP contribution is 2.46. The predicted molar refractivity (Wildman–Crippen MR) is 102 cm³/mol. The van der Waals surface area contributed by atoms with Gasteiger partial charge in [-0.25, -0.2) is 9.18 Å². The molecule has 1 aromatic rings. The summed E-state index contributed by atoms with van der Waals surface area (Å²) in [4.78, 5) is 26.6. The van der Waals surface area contributed by atoms with Crippen LogP contribution in [0.1, 0.15) is 45.6 Å². The molecule has 1 heterocycles. The number of benzene rings is 1. The number of β-amino-alcohol motifs (C(OH)–C–C–N with tert-alkyl or cyclic N) is 1. The number of ether oxygens (including phenoxy) is 1. The molecule has 1 aromatic carbocycles. The molecule has 0 aromatic heterocycles. The number of carbonyl (C=O) groups excluding carboxylic acids is 2. The Bertz CT molecular complexity index is 754. The molecule has 1 aliphatic carbocycles. The lowest BCUT2D eigenvalue weighted by molar-refractivity contribution is -0.136. The Hall–Kier alpha value is -1.99. The summed E-state index contributed by atoms with van der Waals surface area (Å²) in [6.45, 7) is 6.09. The molecule has 0 unspecified atom stereocenters. The predicted octanol–water partition coefficient (Wildman–Crippen LogP) is 2.84. The largest absolute Gasteiger partial charge is 0.389 e. The summed E-state index contributed by atoms with van der Waals surface area (Å²) >= 11 is 0. The van der Waals surface area contributed by atoms with E-state index in [9.17, 15) is 19.1 Å². The Balaban J connectivity index is 1.57. The standard InChI is InChI=1S/C21H29FN2O4/c1-14-8-20(2,3)13-21(9-14)18(26)24(19(27)23-21)10-16(25)12-28-11-15-6-4-5-7-17(15)22/h4-7,14,16,25H,8-13H2,1-3H3,(H,23,27)/t14-,16+,21+/m1/s1. The van der Waals surface area contributed by atoms with Gasteiger partial charge in [0, 0.05) is 5.56 Å². The van der Waals surface area contributed by atoms with E-state index in [-0.39, 0.29) is 36.9 Å². The van der Waals surface area contributed by atoms with Gasteiger partial charge in [-0.3, -0.25) is 9.69 Å². The molecule has 154 valence electrons. The number of hydrogen-bond acceptors (Lipinski definition) is 4. The lowest BCUT2D eigenvalue weighted by Crippen LogP contribution is -2.54. The van der Waals surface area contributed by atoms with Gasteiger partial charge in [0.25, 0.3) is 5.91 Å². The fourth-order valence-corrected chi connectivity index (χ4v) is 4.86. The van der Waals surface area contributed by atoms with E-state index < -0.39 is 17.7 Å². The smallest absolute Gasteiger partial charge is 0.325 e. The van der Waals surface area contributed by atoms with Crippen molar-refractivity contribution in [1.29, 1.82) is 0 Å². The van der Waals surface area contributed by atoms with Crippen molar-refractivity contribution in [2.24, 2.45) is 11.3 Å². The third-order valence-corrected chi connectivity index (χ3v) is 5.54. The van der Waals surface area contributed by atoms with E-state index in [1.165, 1.54) is 6.07 Å². The molecule has 1 spiro atoms. The second kappa shape index (κ2) is 7.79. The number of nitrogens with zero attached hydrogens (tertiary/aromatic N) is 1. The van der Waals surface area contributed by atoms with E-state index in [4.69, 9.17) is 4.74 Å². The summed E-state index contributed by atoms with van der Waals surface area (Å²) in [7, 11) is 0. The monoisotopic (exact) mass is 392 g/mol. The summed E-state index contributed by atoms with van der Waals surface area (Å²) in [5, 5.41) is 13.1. The number of hydrogen-bond donors (Lipinski definition) is 2. The van der Waals surface area contributed by atoms with Crippen LogP contribution in [0.2, 0.25) is 0 Å². The minimum atomic E-state index is -1.04. The van der Waals surface area contributed by atoms with Crippen LogP contribution in [0.15, 0.2) is 24.3 Å². The molecule has 1 aliphatic heterocycles. The molecule has 0 radical (unpaired) electrons. The molecule has 28 heavy (non-hydrogen) atoms. The van der Waals surface area contributed by atoms with Gasteiger partial charge in [0.1, 0.15) is 11.4 Å². The maximum Gasteiger partial charge on any atom is 0.325 e. The Morgan fingerprint density at radius 2 is 2.04 bits per heavy atom. The van der Waals surface area contributed by atoms with Crippen molar-refractivity contribution in [3.8, 4) is 0 Å². The number of imide groups is 1. The number of urea groups is 1. The van der Waals surface area contributed by atoms with Crippen LogP contribution in [0.25, 0.3) is 0 Å². The molecule has 7 heteroatoms. The number of carbonyl (C=O) groups is 2. The fraction of sp³-hybridized carbons (Fsp3) is 0.619. The number of nitrogens with one attached hydrogen (secondary N) is 1. The van der Waals surface area contributed by atoms with E-state index in [0.717, 1.165) is 11.3 Å². The first-order chi connectivity index (χ1) is 13.1. The zero-order chi connectivity index (χ0) is 20.5. The first-order valence-electron chi connectivity index (χ1n) is 9.75. The molecule has 1 saturated carbocycles. The maximum atomic E-state index is 13.6. The second-order valence-corrected chi connectivity index (χ2v) is 9.04. The Labute approximate surface area is 165 Å². The van der Waals surface area contributed by atoms with Crippen molar-refractivity contribution < 1.29 is 23.8 Å². The van der Waals surface area contributed by atoms with Crippen LogP contribution in [0.4, 0.5) is 9.18 Å². The molecule has 3 amide bonds. The van der Waals surface area contributed by atoms with Crippen LogP contribution < -0.4 is 5.32 Å². The third-order valence-electron chi connectivity index (χ3n) is 5.54. The van der Waals surface area contributed by atoms with Crippen LogP contribution in [0.5, 0.6) is 0 Å². The molecule has 2 N–H and O–H groups in total. The van der Waals surface area contributed by atoms with Crippen molar-refractivity contribution in [3.05, 3.63) is 35.6 Å². The average Bonchev–Trinajstić information content (AvgIpc) is 2.78. The molecule has 3 atom stereocenters. The Kier molecular flexibility index (Phi) is 5.77. The first kappa shape index (κ1) is 20.7. The molecule has 2 aliphatic rings. The SMILES string of the molecule is C[C@@H]1CC(C)(C)C[C@]2(C1)NC(=O)N(C[C@H](O)COCc1ccccc1F)C2=O. The van der Waals surface area contributed by atoms with Crippen LogP contribution in [0.3, 0.4) is 0 Å². The summed E-state index contributed by atoms with van der Waals surface area (Å²) in [5.74, 6) is -0.325. The molecular weight excluding hydrogens is 363 g/mol. The van der Waals surface area contributed by atoms with Gasteiger partial charge in [-0.2, -0.15) is 0 Å². The number of rotatable bonds is 6. The van der Waals surface area contributed by atoms with Crippen molar-refractivity contribution in [2.45, 2.75) is 58.3 Å².